The number of fused-ring (bicyclic) bond motifs is 1. The van der Waals surface area contributed by atoms with Crippen molar-refractivity contribution in [1.82, 2.24) is 14.1 Å². The molecule has 35 heavy (non-hydrogen) atoms. The quantitative estimate of drug-likeness (QED) is 0.433. The van der Waals surface area contributed by atoms with Gasteiger partial charge in [0.1, 0.15) is 0 Å². The van der Waals surface area contributed by atoms with E-state index in [1.54, 1.807) is 24.4 Å². The van der Waals surface area contributed by atoms with Gasteiger partial charge in [-0.3, -0.25) is 18.9 Å². The molecule has 0 saturated carbocycles. The Morgan fingerprint density at radius 3 is 2.54 bits per heavy atom. The van der Waals surface area contributed by atoms with E-state index in [9.17, 15) is 27.6 Å². The summed E-state index contributed by atoms with van der Waals surface area (Å²) in [7, 11) is 0. The molecule has 0 fully saturated rings. The summed E-state index contributed by atoms with van der Waals surface area (Å²) in [5.74, 6) is -0.681. The van der Waals surface area contributed by atoms with Crippen LogP contribution in [0.1, 0.15) is 22.3 Å². The van der Waals surface area contributed by atoms with E-state index in [0.717, 1.165) is 27.8 Å². The topological polar surface area (TPSA) is 103 Å². The summed E-state index contributed by atoms with van der Waals surface area (Å²) in [5, 5.41) is 9.87. The summed E-state index contributed by atoms with van der Waals surface area (Å²) >= 11 is 0. The molecule has 11 heteroatoms. The van der Waals surface area contributed by atoms with Crippen molar-refractivity contribution in [3.05, 3.63) is 98.0 Å². The van der Waals surface area contributed by atoms with E-state index in [1.807, 2.05) is 13.0 Å². The van der Waals surface area contributed by atoms with Crippen LogP contribution in [0.2, 0.25) is 0 Å². The molecule has 180 valence electrons. The number of hydrogen-bond acceptors (Lipinski definition) is 5. The average molecular weight is 485 g/mol. The number of aromatic nitrogens is 3. The Labute approximate surface area is 195 Å². The number of aryl methyl sites for hydroxylation is 1. The second kappa shape index (κ2) is 8.75. The van der Waals surface area contributed by atoms with Crippen LogP contribution in [0.15, 0.2) is 64.4 Å². The van der Waals surface area contributed by atoms with E-state index in [0.29, 0.717) is 10.1 Å². The van der Waals surface area contributed by atoms with Crippen molar-refractivity contribution in [2.45, 2.75) is 26.6 Å². The molecule has 4 rings (SSSR count). The van der Waals surface area contributed by atoms with Crippen molar-refractivity contribution in [2.24, 2.45) is 0 Å². The lowest BCUT2D eigenvalue weighted by molar-refractivity contribution is -0.138. The highest BCUT2D eigenvalue weighted by Crippen LogP contribution is 2.33. The zero-order chi connectivity index (χ0) is 25.5. The summed E-state index contributed by atoms with van der Waals surface area (Å²) in [4.78, 5) is 41.6. The van der Waals surface area contributed by atoms with Crippen molar-refractivity contribution >= 4 is 17.1 Å². The van der Waals surface area contributed by atoms with Gasteiger partial charge in [-0.15, -0.1) is 0 Å². The lowest BCUT2D eigenvalue weighted by atomic mass is 10.0. The first kappa shape index (κ1) is 23.7. The molecule has 0 unspecified atom stereocenters. The number of carboxylic acid groups (broad SMARTS) is 1. The van der Waals surface area contributed by atoms with Gasteiger partial charge in [0, 0.05) is 11.6 Å². The third-order valence-electron chi connectivity index (χ3n) is 5.64. The fourth-order valence-corrected chi connectivity index (χ4v) is 3.83. The van der Waals surface area contributed by atoms with Gasteiger partial charge in [0.05, 0.1) is 29.5 Å². The molecule has 1 N–H and O–H groups in total. The van der Waals surface area contributed by atoms with E-state index in [2.05, 4.69) is 9.72 Å². The maximum Gasteiger partial charge on any atom is 0.511 e. The number of nitrogens with zero attached hydrogens (tertiary/aromatic N) is 3. The predicted octanol–water partition coefficient (Wildman–Crippen LogP) is 4.29. The number of carbonyl (C=O) groups is 1. The Kier molecular flexibility index (Phi) is 5.93. The molecule has 0 aliphatic carbocycles. The largest absolute Gasteiger partial charge is 0.511 e. The van der Waals surface area contributed by atoms with E-state index in [1.165, 1.54) is 19.1 Å². The van der Waals surface area contributed by atoms with Crippen LogP contribution in [0, 0.1) is 13.8 Å². The first-order valence-corrected chi connectivity index (χ1v) is 10.3. The zero-order valence-electron chi connectivity index (χ0n) is 18.5. The number of pyridine rings is 1. The van der Waals surface area contributed by atoms with Crippen molar-refractivity contribution in [2.75, 3.05) is 0 Å². The van der Waals surface area contributed by atoms with E-state index < -0.39 is 41.4 Å². The van der Waals surface area contributed by atoms with Gasteiger partial charge in [0.2, 0.25) is 5.75 Å². The summed E-state index contributed by atoms with van der Waals surface area (Å²) < 4.78 is 46.3. The zero-order valence-corrected chi connectivity index (χ0v) is 18.5. The third-order valence-corrected chi connectivity index (χ3v) is 5.64. The monoisotopic (exact) mass is 485 g/mol. The molecule has 2 aromatic heterocycles. The number of benzene rings is 2. The van der Waals surface area contributed by atoms with Crippen LogP contribution in [0.3, 0.4) is 0 Å². The minimum atomic E-state index is -4.63. The van der Waals surface area contributed by atoms with Crippen molar-refractivity contribution in [3.63, 3.8) is 0 Å². The highest BCUT2D eigenvalue weighted by molar-refractivity contribution is 5.83. The van der Waals surface area contributed by atoms with Gasteiger partial charge in [-0.1, -0.05) is 18.2 Å². The van der Waals surface area contributed by atoms with E-state index >= 15 is 0 Å². The molecule has 0 radical (unpaired) electrons. The smallest absolute Gasteiger partial charge is 0.449 e. The number of hydrogen-bond donors (Lipinski definition) is 1. The maximum atomic E-state index is 13.3. The molecule has 8 nitrogen and oxygen atoms in total. The number of alkyl halides is 3. The summed E-state index contributed by atoms with van der Waals surface area (Å²) in [5.41, 5.74) is -1.25. The molecule has 0 bridgehead atoms. The molecule has 2 heterocycles. The SMILES string of the molecule is Cc1c(Cn2c(=O)c(OC(=O)O)cn(-c3ccc4c(C)ccnc4c3)c2=O)cccc1C(F)(F)F. The van der Waals surface area contributed by atoms with Crippen LogP contribution in [-0.2, 0) is 12.7 Å². The summed E-state index contributed by atoms with van der Waals surface area (Å²) in [6.07, 6.45) is -3.90. The van der Waals surface area contributed by atoms with Crippen molar-refractivity contribution in [3.8, 4) is 11.4 Å². The number of ether oxygens (including phenoxy) is 1. The number of halogens is 3. The fraction of sp³-hybridized carbons (Fsp3) is 0.167. The standard InChI is InChI=1S/C24H18F3N3O5/c1-13-8-9-28-19-10-16(6-7-17(13)19)29-12-20(35-23(33)34)21(31)30(22(29)32)11-15-4-3-5-18(14(15)2)24(25,26)27/h3-10,12H,11H2,1-2H3,(H,33,34). The Morgan fingerprint density at radius 1 is 1.11 bits per heavy atom. The maximum absolute atomic E-state index is 13.3. The highest BCUT2D eigenvalue weighted by Gasteiger charge is 2.33. The molecule has 2 aromatic carbocycles. The third kappa shape index (κ3) is 4.52. The Morgan fingerprint density at radius 2 is 1.86 bits per heavy atom. The highest BCUT2D eigenvalue weighted by atomic mass is 19.4. The van der Waals surface area contributed by atoms with Crippen LogP contribution in [0.4, 0.5) is 18.0 Å². The van der Waals surface area contributed by atoms with E-state index in [4.69, 9.17) is 5.11 Å². The van der Waals surface area contributed by atoms with Crippen LogP contribution < -0.4 is 16.0 Å². The Balaban J connectivity index is 1.92. The molecule has 0 atom stereocenters. The Bertz CT molecular complexity index is 1590. The minimum Gasteiger partial charge on any atom is -0.449 e. The van der Waals surface area contributed by atoms with Gasteiger partial charge in [0.15, 0.2) is 0 Å². The lowest BCUT2D eigenvalue weighted by Crippen LogP contribution is -2.40. The van der Waals surface area contributed by atoms with Crippen molar-refractivity contribution in [1.29, 1.82) is 0 Å². The molecule has 0 amide bonds. The van der Waals surface area contributed by atoms with Gasteiger partial charge in [0.25, 0.3) is 5.56 Å². The minimum absolute atomic E-state index is 0.0638. The van der Waals surface area contributed by atoms with Crippen molar-refractivity contribution < 1.29 is 27.8 Å². The first-order chi connectivity index (χ1) is 16.5. The van der Waals surface area contributed by atoms with Crippen LogP contribution in [-0.4, -0.2) is 25.4 Å². The predicted molar refractivity (Wildman–Crippen MR) is 120 cm³/mol. The van der Waals surface area contributed by atoms with Crippen LogP contribution in [0.25, 0.3) is 16.6 Å². The molecular weight excluding hydrogens is 467 g/mol. The summed E-state index contributed by atoms with van der Waals surface area (Å²) in [6, 6.07) is 10.1. The fourth-order valence-electron chi connectivity index (χ4n) is 3.83. The first-order valence-electron chi connectivity index (χ1n) is 10.3. The molecule has 0 aliphatic heterocycles. The average Bonchev–Trinajstić information content (AvgIpc) is 2.78. The van der Waals surface area contributed by atoms with E-state index in [-0.39, 0.29) is 16.8 Å². The normalized spacial score (nSPS) is 11.6. The van der Waals surface area contributed by atoms with Crippen LogP contribution >= 0.6 is 0 Å². The molecule has 0 saturated heterocycles. The second-order valence-electron chi connectivity index (χ2n) is 7.82. The molecule has 0 spiro atoms. The van der Waals surface area contributed by atoms with Gasteiger partial charge >= 0.3 is 18.0 Å². The van der Waals surface area contributed by atoms with Gasteiger partial charge in [-0.25, -0.2) is 9.59 Å². The van der Waals surface area contributed by atoms with Gasteiger partial charge in [-0.2, -0.15) is 13.2 Å². The van der Waals surface area contributed by atoms with Crippen LogP contribution in [0.5, 0.6) is 5.75 Å². The number of rotatable bonds is 4. The molecule has 0 aliphatic rings. The Hall–Kier alpha value is -4.41. The second-order valence-corrected chi connectivity index (χ2v) is 7.82. The summed E-state index contributed by atoms with van der Waals surface area (Å²) in [6.45, 7) is 2.58. The molecule has 4 aromatic rings. The van der Waals surface area contributed by atoms with Gasteiger partial charge in [-0.05, 0) is 54.8 Å². The lowest BCUT2D eigenvalue weighted by Gasteiger charge is -2.16. The van der Waals surface area contributed by atoms with Gasteiger partial charge < -0.3 is 9.84 Å². The molecular formula is C24H18F3N3O5.